The third kappa shape index (κ3) is 3.67. The molecule has 0 bridgehead atoms. The van der Waals surface area contributed by atoms with E-state index in [0.29, 0.717) is 5.41 Å². The van der Waals surface area contributed by atoms with Crippen LogP contribution in [-0.2, 0) is 0 Å². The summed E-state index contributed by atoms with van der Waals surface area (Å²) in [5.74, 6) is 1.83. The second kappa shape index (κ2) is 6.85. The number of thiol groups is 1. The topological polar surface area (TPSA) is 0 Å². The molecule has 0 saturated heterocycles. The minimum absolute atomic E-state index is 0.0922. The van der Waals surface area contributed by atoms with Crippen LogP contribution in [0.1, 0.15) is 38.5 Å². The summed E-state index contributed by atoms with van der Waals surface area (Å²) >= 11 is 6.22. The van der Waals surface area contributed by atoms with Crippen LogP contribution in [0, 0.1) is 11.2 Å². The predicted octanol–water partition coefficient (Wildman–Crippen LogP) is 5.19. The highest BCUT2D eigenvalue weighted by Gasteiger charge is 2.29. The van der Waals surface area contributed by atoms with Crippen molar-refractivity contribution in [2.24, 2.45) is 5.41 Å². The number of rotatable bonds is 4. The van der Waals surface area contributed by atoms with Crippen LogP contribution in [0.4, 0.5) is 4.39 Å². The van der Waals surface area contributed by atoms with Gasteiger partial charge in [0.05, 0.1) is 0 Å². The van der Waals surface area contributed by atoms with Crippen LogP contribution >= 0.6 is 24.4 Å². The van der Waals surface area contributed by atoms with Gasteiger partial charge in [-0.15, -0.1) is 11.8 Å². The molecule has 18 heavy (non-hydrogen) atoms. The Labute approximate surface area is 119 Å². The minimum atomic E-state index is -0.0922. The molecule has 1 saturated carbocycles. The van der Waals surface area contributed by atoms with E-state index in [2.05, 4.69) is 12.6 Å². The van der Waals surface area contributed by atoms with Crippen LogP contribution in [0.3, 0.4) is 0 Å². The fourth-order valence-electron chi connectivity index (χ4n) is 2.62. The van der Waals surface area contributed by atoms with E-state index in [1.807, 2.05) is 12.1 Å². The van der Waals surface area contributed by atoms with Gasteiger partial charge in [-0.1, -0.05) is 37.8 Å². The summed E-state index contributed by atoms with van der Waals surface area (Å²) in [4.78, 5) is 0.780. The van der Waals surface area contributed by atoms with Gasteiger partial charge < -0.3 is 0 Å². The van der Waals surface area contributed by atoms with E-state index in [1.165, 1.54) is 38.5 Å². The van der Waals surface area contributed by atoms with Gasteiger partial charge in [0.25, 0.3) is 0 Å². The third-order valence-electron chi connectivity index (χ3n) is 3.87. The van der Waals surface area contributed by atoms with Gasteiger partial charge in [-0.05, 0) is 36.1 Å². The summed E-state index contributed by atoms with van der Waals surface area (Å²) < 4.78 is 13.6. The summed E-state index contributed by atoms with van der Waals surface area (Å²) in [6.07, 6.45) is 7.80. The first-order valence-corrected chi connectivity index (χ1v) is 8.36. The maximum absolute atomic E-state index is 13.6. The zero-order valence-electron chi connectivity index (χ0n) is 10.7. The Balaban J connectivity index is 2.00. The highest BCUT2D eigenvalue weighted by molar-refractivity contribution is 7.99. The van der Waals surface area contributed by atoms with Crippen LogP contribution in [0.15, 0.2) is 29.2 Å². The quantitative estimate of drug-likeness (QED) is 0.451. The summed E-state index contributed by atoms with van der Waals surface area (Å²) in [6.45, 7) is 0. The predicted molar refractivity (Wildman–Crippen MR) is 81.1 cm³/mol. The first-order valence-electron chi connectivity index (χ1n) is 6.74. The van der Waals surface area contributed by atoms with Crippen LogP contribution in [0.2, 0.25) is 0 Å². The average molecular weight is 284 g/mol. The van der Waals surface area contributed by atoms with Gasteiger partial charge in [0.1, 0.15) is 5.82 Å². The highest BCUT2D eigenvalue weighted by Crippen LogP contribution is 2.40. The standard InChI is InChI=1S/C15H21FS2/c16-13-7-3-4-8-14(13)18-12-15(11-17)9-5-1-2-6-10-15/h3-4,7-8,17H,1-2,5-6,9-12H2. The molecule has 0 nitrogen and oxygen atoms in total. The molecule has 1 aliphatic carbocycles. The summed E-state index contributed by atoms with van der Waals surface area (Å²) in [5.41, 5.74) is 0.312. The van der Waals surface area contributed by atoms with Crippen molar-refractivity contribution in [1.82, 2.24) is 0 Å². The van der Waals surface area contributed by atoms with Crippen molar-refractivity contribution in [2.45, 2.75) is 43.4 Å². The lowest BCUT2D eigenvalue weighted by Gasteiger charge is -2.30. The molecule has 3 heteroatoms. The smallest absolute Gasteiger partial charge is 0.136 e. The molecule has 1 fully saturated rings. The second-order valence-corrected chi connectivity index (χ2v) is 6.62. The van der Waals surface area contributed by atoms with Crippen LogP contribution in [0.5, 0.6) is 0 Å². The van der Waals surface area contributed by atoms with E-state index in [-0.39, 0.29) is 5.82 Å². The van der Waals surface area contributed by atoms with Gasteiger partial charge in [-0.3, -0.25) is 0 Å². The van der Waals surface area contributed by atoms with Gasteiger partial charge in [0.15, 0.2) is 0 Å². The Morgan fingerprint density at radius 1 is 1.11 bits per heavy atom. The van der Waals surface area contributed by atoms with E-state index in [9.17, 15) is 4.39 Å². The molecular formula is C15H21FS2. The van der Waals surface area contributed by atoms with Crippen LogP contribution in [-0.4, -0.2) is 11.5 Å². The molecule has 2 rings (SSSR count). The average Bonchev–Trinajstić information content (AvgIpc) is 2.64. The Kier molecular flexibility index (Phi) is 5.43. The number of thioether (sulfide) groups is 1. The van der Waals surface area contributed by atoms with Gasteiger partial charge in [0, 0.05) is 10.6 Å². The molecule has 0 unspecified atom stereocenters. The van der Waals surface area contributed by atoms with Crippen molar-refractivity contribution in [2.75, 3.05) is 11.5 Å². The molecule has 0 atom stereocenters. The monoisotopic (exact) mass is 284 g/mol. The maximum Gasteiger partial charge on any atom is 0.136 e. The second-order valence-electron chi connectivity index (χ2n) is 5.29. The fraction of sp³-hybridized carbons (Fsp3) is 0.600. The molecule has 0 radical (unpaired) electrons. The fourth-order valence-corrected chi connectivity index (χ4v) is 4.43. The first-order chi connectivity index (χ1) is 8.76. The van der Waals surface area contributed by atoms with E-state index >= 15 is 0 Å². The maximum atomic E-state index is 13.6. The third-order valence-corrected chi connectivity index (χ3v) is 5.94. The Morgan fingerprint density at radius 2 is 1.78 bits per heavy atom. The zero-order valence-corrected chi connectivity index (χ0v) is 12.4. The van der Waals surface area contributed by atoms with Crippen molar-refractivity contribution in [3.05, 3.63) is 30.1 Å². The first kappa shape index (κ1) is 14.3. The van der Waals surface area contributed by atoms with Crippen molar-refractivity contribution in [1.29, 1.82) is 0 Å². The summed E-state index contributed by atoms with van der Waals surface area (Å²) in [6, 6.07) is 7.08. The molecule has 0 spiro atoms. The zero-order chi connectivity index (χ0) is 12.8. The number of benzene rings is 1. The van der Waals surface area contributed by atoms with E-state index in [1.54, 1.807) is 23.9 Å². The molecule has 0 aliphatic heterocycles. The minimum Gasteiger partial charge on any atom is -0.206 e. The van der Waals surface area contributed by atoms with Crippen molar-refractivity contribution >= 4 is 24.4 Å². The summed E-state index contributed by atoms with van der Waals surface area (Å²) in [5, 5.41) is 0. The van der Waals surface area contributed by atoms with E-state index < -0.39 is 0 Å². The molecule has 1 aromatic carbocycles. The van der Waals surface area contributed by atoms with E-state index in [0.717, 1.165) is 16.4 Å². The lowest BCUT2D eigenvalue weighted by atomic mass is 9.84. The molecule has 0 aromatic heterocycles. The summed E-state index contributed by atoms with van der Waals surface area (Å²) in [7, 11) is 0. The molecule has 1 aliphatic rings. The molecule has 100 valence electrons. The number of hydrogen-bond donors (Lipinski definition) is 1. The van der Waals surface area contributed by atoms with E-state index in [4.69, 9.17) is 0 Å². The highest BCUT2D eigenvalue weighted by atomic mass is 32.2. The van der Waals surface area contributed by atoms with Gasteiger partial charge in [-0.2, -0.15) is 12.6 Å². The Morgan fingerprint density at radius 3 is 2.39 bits per heavy atom. The number of halogens is 1. The molecular weight excluding hydrogens is 263 g/mol. The van der Waals surface area contributed by atoms with Gasteiger partial charge in [0.2, 0.25) is 0 Å². The lowest BCUT2D eigenvalue weighted by molar-refractivity contribution is 0.332. The van der Waals surface area contributed by atoms with Crippen molar-refractivity contribution < 1.29 is 4.39 Å². The Bertz CT molecular complexity index is 371. The van der Waals surface area contributed by atoms with Crippen molar-refractivity contribution in [3.63, 3.8) is 0 Å². The SMILES string of the molecule is Fc1ccccc1SCC1(CS)CCCCCC1. The molecule has 0 N–H and O–H groups in total. The van der Waals surface area contributed by atoms with Crippen molar-refractivity contribution in [3.8, 4) is 0 Å². The Hall–Kier alpha value is -0.150. The molecule has 1 aromatic rings. The largest absolute Gasteiger partial charge is 0.206 e. The molecule has 0 amide bonds. The molecule has 0 heterocycles. The number of hydrogen-bond acceptors (Lipinski definition) is 2. The van der Waals surface area contributed by atoms with Crippen LogP contribution in [0.25, 0.3) is 0 Å². The van der Waals surface area contributed by atoms with Crippen LogP contribution < -0.4 is 0 Å². The lowest BCUT2D eigenvalue weighted by Crippen LogP contribution is -2.25. The normalized spacial score (nSPS) is 19.4. The van der Waals surface area contributed by atoms with Gasteiger partial charge in [-0.25, -0.2) is 4.39 Å². The van der Waals surface area contributed by atoms with Gasteiger partial charge >= 0.3 is 0 Å².